The highest BCUT2D eigenvalue weighted by atomic mass is 16.7. The van der Waals surface area contributed by atoms with Crippen LogP contribution in [-0.4, -0.2) is 37.0 Å². The molecule has 3 heteroatoms. The highest BCUT2D eigenvalue weighted by Crippen LogP contribution is 2.36. The van der Waals surface area contributed by atoms with Gasteiger partial charge in [0.2, 0.25) is 0 Å². The quantitative estimate of drug-likeness (QED) is 0.658. The number of hydrogen-bond donors (Lipinski definition) is 0. The van der Waals surface area contributed by atoms with E-state index in [1.165, 1.54) is 31.6 Å². The maximum atomic E-state index is 5.71. The molecule has 1 aliphatic carbocycles. The van der Waals surface area contributed by atoms with Crippen molar-refractivity contribution in [3.05, 3.63) is 11.8 Å². The van der Waals surface area contributed by atoms with E-state index in [2.05, 4.69) is 11.0 Å². The highest BCUT2D eigenvalue weighted by Gasteiger charge is 2.38. The Kier molecular flexibility index (Phi) is 2.45. The average Bonchev–Trinajstić information content (AvgIpc) is 2.91. The number of nitrogens with zero attached hydrogens (tertiary/aromatic N) is 1. The summed E-state index contributed by atoms with van der Waals surface area (Å²) in [6.45, 7) is 4.04. The Bertz CT molecular complexity index is 263. The Hall–Kier alpha value is -0.540. The second-order valence-corrected chi connectivity index (χ2v) is 4.70. The normalized spacial score (nSPS) is 29.9. The predicted molar refractivity (Wildman–Crippen MR) is 57.4 cm³/mol. The molecule has 0 bridgehead atoms. The minimum absolute atomic E-state index is 0.247. The number of rotatable bonds is 1. The Morgan fingerprint density at radius 1 is 1.13 bits per heavy atom. The number of allylic oxidation sites excluding steroid dienone is 1. The summed E-state index contributed by atoms with van der Waals surface area (Å²) in [5, 5.41) is 0. The molecule has 0 aromatic carbocycles. The maximum Gasteiger partial charge on any atom is 0.172 e. The van der Waals surface area contributed by atoms with Crippen LogP contribution in [0.2, 0.25) is 0 Å². The first-order valence-electron chi connectivity index (χ1n) is 6.10. The smallest absolute Gasteiger partial charge is 0.172 e. The molecule has 3 nitrogen and oxygen atoms in total. The van der Waals surface area contributed by atoms with Crippen LogP contribution in [0.1, 0.15) is 32.1 Å². The summed E-state index contributed by atoms with van der Waals surface area (Å²) >= 11 is 0. The van der Waals surface area contributed by atoms with Gasteiger partial charge in [0.25, 0.3) is 0 Å². The molecule has 3 rings (SSSR count). The molecule has 0 N–H and O–H groups in total. The maximum absolute atomic E-state index is 5.71. The average molecular weight is 209 g/mol. The number of ether oxygens (including phenoxy) is 2. The van der Waals surface area contributed by atoms with Crippen LogP contribution in [0.25, 0.3) is 0 Å². The molecule has 0 radical (unpaired) electrons. The highest BCUT2D eigenvalue weighted by molar-refractivity contribution is 5.09. The minimum atomic E-state index is -0.247. The molecule has 2 heterocycles. The lowest BCUT2D eigenvalue weighted by Gasteiger charge is -2.33. The first-order valence-corrected chi connectivity index (χ1v) is 6.10. The first-order chi connectivity index (χ1) is 7.38. The molecular weight excluding hydrogens is 190 g/mol. The van der Waals surface area contributed by atoms with E-state index in [0.29, 0.717) is 0 Å². The monoisotopic (exact) mass is 209 g/mol. The molecule has 2 aliphatic heterocycles. The van der Waals surface area contributed by atoms with Crippen molar-refractivity contribution >= 4 is 0 Å². The summed E-state index contributed by atoms with van der Waals surface area (Å²) in [6.07, 6.45) is 8.15. The molecule has 1 spiro atoms. The van der Waals surface area contributed by atoms with Gasteiger partial charge in [-0.05, 0) is 19.3 Å². The van der Waals surface area contributed by atoms with Gasteiger partial charge in [-0.25, -0.2) is 0 Å². The summed E-state index contributed by atoms with van der Waals surface area (Å²) in [5.74, 6) is -0.247. The van der Waals surface area contributed by atoms with Crippen LogP contribution in [0.5, 0.6) is 0 Å². The van der Waals surface area contributed by atoms with Crippen LogP contribution in [-0.2, 0) is 9.47 Å². The fourth-order valence-corrected chi connectivity index (χ4v) is 2.85. The zero-order chi connectivity index (χ0) is 10.1. The van der Waals surface area contributed by atoms with E-state index in [0.717, 1.165) is 32.5 Å². The molecule has 0 saturated carbocycles. The molecule has 0 aromatic rings. The van der Waals surface area contributed by atoms with E-state index in [9.17, 15) is 0 Å². The van der Waals surface area contributed by atoms with Crippen LogP contribution in [0, 0.1) is 0 Å². The van der Waals surface area contributed by atoms with Crippen molar-refractivity contribution < 1.29 is 9.47 Å². The van der Waals surface area contributed by atoms with Gasteiger partial charge in [0, 0.05) is 31.6 Å². The van der Waals surface area contributed by atoms with Crippen molar-refractivity contribution in [3.63, 3.8) is 0 Å². The van der Waals surface area contributed by atoms with Gasteiger partial charge in [-0.3, -0.25) is 0 Å². The van der Waals surface area contributed by atoms with E-state index in [1.54, 1.807) is 0 Å². The second-order valence-electron chi connectivity index (χ2n) is 4.70. The lowest BCUT2D eigenvalue weighted by Crippen LogP contribution is -2.34. The zero-order valence-corrected chi connectivity index (χ0v) is 9.21. The van der Waals surface area contributed by atoms with Crippen molar-refractivity contribution in [1.82, 2.24) is 4.90 Å². The van der Waals surface area contributed by atoms with Crippen LogP contribution < -0.4 is 0 Å². The van der Waals surface area contributed by atoms with Crippen molar-refractivity contribution in [2.75, 3.05) is 26.3 Å². The van der Waals surface area contributed by atoms with Gasteiger partial charge in [0.1, 0.15) is 0 Å². The molecular formula is C12H19NO2. The Morgan fingerprint density at radius 3 is 2.47 bits per heavy atom. The summed E-state index contributed by atoms with van der Waals surface area (Å²) in [4.78, 5) is 2.53. The van der Waals surface area contributed by atoms with Gasteiger partial charge < -0.3 is 14.4 Å². The summed E-state index contributed by atoms with van der Waals surface area (Å²) in [7, 11) is 0. The summed E-state index contributed by atoms with van der Waals surface area (Å²) in [5.41, 5.74) is 1.53. The van der Waals surface area contributed by atoms with Crippen molar-refractivity contribution in [2.24, 2.45) is 0 Å². The van der Waals surface area contributed by atoms with Crippen molar-refractivity contribution in [2.45, 2.75) is 37.9 Å². The standard InChI is InChI=1S/C12H19NO2/c1-2-8-13(7-1)11-3-5-12(6-4-11)14-9-10-15-12/h3H,1-2,4-10H2. The zero-order valence-electron chi connectivity index (χ0n) is 9.21. The van der Waals surface area contributed by atoms with Crippen LogP contribution in [0.4, 0.5) is 0 Å². The Morgan fingerprint density at radius 2 is 1.87 bits per heavy atom. The molecule has 2 saturated heterocycles. The first kappa shape index (κ1) is 9.67. The minimum Gasteiger partial charge on any atom is -0.375 e. The summed E-state index contributed by atoms with van der Waals surface area (Å²) < 4.78 is 11.4. The molecule has 15 heavy (non-hydrogen) atoms. The van der Waals surface area contributed by atoms with Crippen LogP contribution >= 0.6 is 0 Å². The number of likely N-dealkylation sites (tertiary alicyclic amines) is 1. The number of hydrogen-bond acceptors (Lipinski definition) is 3. The van der Waals surface area contributed by atoms with Gasteiger partial charge in [-0.15, -0.1) is 0 Å². The molecule has 0 atom stereocenters. The topological polar surface area (TPSA) is 21.7 Å². The van der Waals surface area contributed by atoms with E-state index < -0.39 is 0 Å². The molecule has 0 amide bonds. The third-order valence-corrected chi connectivity index (χ3v) is 3.74. The lowest BCUT2D eigenvalue weighted by atomic mass is 9.97. The molecule has 0 aromatic heterocycles. The predicted octanol–water partition coefficient (Wildman–Crippen LogP) is 1.89. The fourth-order valence-electron chi connectivity index (χ4n) is 2.85. The molecule has 0 unspecified atom stereocenters. The molecule has 84 valence electrons. The Balaban J connectivity index is 1.66. The van der Waals surface area contributed by atoms with Gasteiger partial charge in [-0.2, -0.15) is 0 Å². The van der Waals surface area contributed by atoms with E-state index in [1.807, 2.05) is 0 Å². The Labute approximate surface area is 91.0 Å². The van der Waals surface area contributed by atoms with Gasteiger partial charge in [0.15, 0.2) is 5.79 Å². The van der Waals surface area contributed by atoms with E-state index in [-0.39, 0.29) is 5.79 Å². The van der Waals surface area contributed by atoms with Gasteiger partial charge >= 0.3 is 0 Å². The second kappa shape index (κ2) is 3.80. The van der Waals surface area contributed by atoms with Crippen molar-refractivity contribution in [1.29, 1.82) is 0 Å². The molecule has 2 fully saturated rings. The lowest BCUT2D eigenvalue weighted by molar-refractivity contribution is -0.162. The third kappa shape index (κ3) is 1.79. The SMILES string of the molecule is C1=C(N2CCCC2)CCC2(C1)OCCO2. The summed E-state index contributed by atoms with van der Waals surface area (Å²) in [6, 6.07) is 0. The largest absolute Gasteiger partial charge is 0.375 e. The van der Waals surface area contributed by atoms with E-state index in [4.69, 9.17) is 9.47 Å². The van der Waals surface area contributed by atoms with Crippen LogP contribution in [0.3, 0.4) is 0 Å². The fraction of sp³-hybridized carbons (Fsp3) is 0.833. The van der Waals surface area contributed by atoms with Gasteiger partial charge in [0.05, 0.1) is 13.2 Å². The van der Waals surface area contributed by atoms with Crippen molar-refractivity contribution in [3.8, 4) is 0 Å². The van der Waals surface area contributed by atoms with E-state index >= 15 is 0 Å². The van der Waals surface area contributed by atoms with Gasteiger partial charge in [-0.1, -0.05) is 6.08 Å². The third-order valence-electron chi connectivity index (χ3n) is 3.74. The van der Waals surface area contributed by atoms with Crippen LogP contribution in [0.15, 0.2) is 11.8 Å². The molecule has 3 aliphatic rings.